The maximum Gasteiger partial charge on any atom is 0.129 e. The van der Waals surface area contributed by atoms with Crippen LogP contribution in [0.3, 0.4) is 0 Å². The van der Waals surface area contributed by atoms with E-state index in [2.05, 4.69) is 10.4 Å². The van der Waals surface area contributed by atoms with Gasteiger partial charge in [0.15, 0.2) is 0 Å². The molecule has 12 heavy (non-hydrogen) atoms. The van der Waals surface area contributed by atoms with Crippen LogP contribution in [0.15, 0.2) is 15.4 Å². The number of hydrogen-bond acceptors (Lipinski definition) is 2. The molecule has 1 aliphatic rings. The number of rotatable bonds is 3. The molecular weight excluding hydrogens is 188 g/mol. The molecule has 4 heteroatoms. The van der Waals surface area contributed by atoms with E-state index in [1.807, 2.05) is 12.3 Å². The van der Waals surface area contributed by atoms with Crippen molar-refractivity contribution < 1.29 is 0 Å². The van der Waals surface area contributed by atoms with Gasteiger partial charge in [0.25, 0.3) is 0 Å². The summed E-state index contributed by atoms with van der Waals surface area (Å²) in [6.45, 7) is 0. The van der Waals surface area contributed by atoms with Crippen molar-refractivity contribution >= 4 is 28.7 Å². The van der Waals surface area contributed by atoms with Crippen LogP contribution in [0, 0.1) is 0 Å². The summed E-state index contributed by atoms with van der Waals surface area (Å²) in [6.07, 6.45) is 4.65. The van der Waals surface area contributed by atoms with Crippen molar-refractivity contribution in [1.29, 1.82) is 0 Å². The van der Waals surface area contributed by atoms with Crippen molar-refractivity contribution in [3.8, 4) is 0 Å². The lowest BCUT2D eigenvalue weighted by Crippen LogP contribution is -1.98. The van der Waals surface area contributed by atoms with Gasteiger partial charge in [-0.3, -0.25) is 0 Å². The number of aliphatic imine (C=N–C) groups is 1. The molecule has 1 rings (SSSR count). The molecule has 0 aliphatic carbocycles. The third-order valence-electron chi connectivity index (χ3n) is 1.70. The first-order valence-corrected chi connectivity index (χ1v) is 6.74. The highest BCUT2D eigenvalue weighted by atomic mass is 32.2. The molecule has 0 aromatic heterocycles. The Morgan fingerprint density at radius 2 is 2.25 bits per heavy atom. The zero-order valence-corrected chi connectivity index (χ0v) is 8.75. The first-order valence-electron chi connectivity index (χ1n) is 3.88. The Morgan fingerprint density at radius 3 is 2.75 bits per heavy atom. The van der Waals surface area contributed by atoms with Gasteiger partial charge in [-0.1, -0.05) is 0 Å². The lowest BCUT2D eigenvalue weighted by atomic mass is 10.4. The summed E-state index contributed by atoms with van der Waals surface area (Å²) in [5.41, 5.74) is 0. The average molecular weight is 200 g/mol. The van der Waals surface area contributed by atoms with Gasteiger partial charge < -0.3 is 10.4 Å². The summed E-state index contributed by atoms with van der Waals surface area (Å²) in [6, 6.07) is 1.83. The fourth-order valence-electron chi connectivity index (χ4n) is 1.11. The second-order valence-electron chi connectivity index (χ2n) is 2.52. The maximum atomic E-state index is 8.37. The molecule has 1 fully saturated rings. The molecule has 0 saturated carbocycles. The van der Waals surface area contributed by atoms with E-state index in [0.29, 0.717) is 10.9 Å². The van der Waals surface area contributed by atoms with Gasteiger partial charge in [0.1, 0.15) is 16.9 Å². The Hall–Kier alpha value is -0.180. The zero-order valence-electron chi connectivity index (χ0n) is 7.12. The van der Waals surface area contributed by atoms with E-state index in [1.165, 1.54) is 24.3 Å². The van der Waals surface area contributed by atoms with Gasteiger partial charge in [-0.25, -0.2) is 0 Å². The van der Waals surface area contributed by atoms with E-state index in [9.17, 15) is 0 Å². The molecule has 0 atom stereocenters. The zero-order chi connectivity index (χ0) is 8.81. The van der Waals surface area contributed by atoms with Crippen molar-refractivity contribution in [2.24, 2.45) is 4.99 Å². The number of thioether (sulfide) groups is 1. The van der Waals surface area contributed by atoms with Crippen molar-refractivity contribution in [2.75, 3.05) is 17.8 Å². The van der Waals surface area contributed by atoms with Gasteiger partial charge in [-0.05, 0) is 19.1 Å². The molecule has 1 heterocycles. The molecule has 0 bridgehead atoms. The minimum atomic E-state index is 0.414. The Morgan fingerprint density at radius 1 is 1.58 bits per heavy atom. The summed E-state index contributed by atoms with van der Waals surface area (Å²) >= 11 is 1.56. The minimum Gasteiger partial charge on any atom is -0.422 e. The highest BCUT2D eigenvalue weighted by molar-refractivity contribution is 8.04. The van der Waals surface area contributed by atoms with Gasteiger partial charge >= 0.3 is 0 Å². The predicted molar refractivity (Wildman–Crippen MR) is 58.7 cm³/mol. The lowest BCUT2D eigenvalue weighted by Gasteiger charge is -1.99. The molecule has 0 radical (unpaired) electrons. The van der Waals surface area contributed by atoms with Gasteiger partial charge in [0.05, 0.1) is 0 Å². The first-order chi connectivity index (χ1) is 5.86. The fraction of sp³-hybridized carbons (Fsp3) is 0.625. The predicted octanol–water partition coefficient (Wildman–Crippen LogP) is 2.30. The van der Waals surface area contributed by atoms with Crippen LogP contribution in [0.5, 0.6) is 0 Å². The summed E-state index contributed by atoms with van der Waals surface area (Å²) in [5, 5.41) is 11.4. The molecule has 0 amide bonds. The summed E-state index contributed by atoms with van der Waals surface area (Å²) in [7, 11) is 0.414. The molecule has 0 aromatic carbocycles. The standard InChI is InChI=1S/C8H12N2S2/c1-11-8(10-7-9)6-12-4-2-3-5-12/h6H,2-5H2,1H3/b8-6+. The van der Waals surface area contributed by atoms with E-state index >= 15 is 0 Å². The molecule has 0 aromatic rings. The van der Waals surface area contributed by atoms with E-state index < -0.39 is 0 Å². The van der Waals surface area contributed by atoms with Crippen LogP contribution in [0.1, 0.15) is 12.8 Å². The third kappa shape index (κ3) is 3.05. The van der Waals surface area contributed by atoms with Gasteiger partial charge in [-0.2, -0.15) is 6.01 Å². The van der Waals surface area contributed by atoms with Crippen molar-refractivity contribution in [3.05, 3.63) is 15.8 Å². The smallest absolute Gasteiger partial charge is 0.129 e. The van der Waals surface area contributed by atoms with Gasteiger partial charge in [-0.15, -0.1) is 11.8 Å². The second kappa shape index (κ2) is 5.46. The topological polar surface area (TPSA) is 34.7 Å². The van der Waals surface area contributed by atoms with Crippen molar-refractivity contribution in [2.45, 2.75) is 12.8 Å². The molecule has 2 nitrogen and oxygen atoms in total. The Kier molecular flexibility index (Phi) is 4.51. The van der Waals surface area contributed by atoms with Crippen LogP contribution in [0.4, 0.5) is 0 Å². The molecule has 66 valence electrons. The number of nitrogens with zero attached hydrogens (tertiary/aromatic N) is 2. The summed E-state index contributed by atoms with van der Waals surface area (Å²) < 4.78 is 0. The molecule has 0 unspecified atom stereocenters. The third-order valence-corrected chi connectivity index (χ3v) is 4.66. The molecule has 0 spiro atoms. The average Bonchev–Trinajstić information content (AvgIpc) is 2.56. The molecule has 1 aliphatic heterocycles. The van der Waals surface area contributed by atoms with Crippen LogP contribution in [-0.4, -0.2) is 23.8 Å². The van der Waals surface area contributed by atoms with Crippen LogP contribution in [0.25, 0.3) is 5.41 Å². The highest BCUT2D eigenvalue weighted by Gasteiger charge is 2.21. The first kappa shape index (κ1) is 9.90. The van der Waals surface area contributed by atoms with Crippen molar-refractivity contribution in [3.63, 3.8) is 0 Å². The number of hydrogen-bond donors (Lipinski definition) is 0. The Labute approximate surface area is 80.4 Å². The van der Waals surface area contributed by atoms with Crippen LogP contribution >= 0.6 is 11.8 Å². The fourth-order valence-corrected chi connectivity index (χ4v) is 3.96. The van der Waals surface area contributed by atoms with Crippen LogP contribution in [-0.2, 0) is 10.9 Å². The Balaban J connectivity index is 2.55. The molecule has 1 saturated heterocycles. The quantitative estimate of drug-likeness (QED) is 0.508. The largest absolute Gasteiger partial charge is 0.422 e. The van der Waals surface area contributed by atoms with Gasteiger partial charge in [0, 0.05) is 15.9 Å². The summed E-state index contributed by atoms with van der Waals surface area (Å²) in [4.78, 5) is 3.74. The van der Waals surface area contributed by atoms with Crippen LogP contribution < -0.4 is 0 Å². The monoisotopic (exact) mass is 200 g/mol. The molecular formula is C8H12N2S2. The van der Waals surface area contributed by atoms with E-state index in [4.69, 9.17) is 5.41 Å². The van der Waals surface area contributed by atoms with Crippen molar-refractivity contribution in [1.82, 2.24) is 0 Å². The van der Waals surface area contributed by atoms with Gasteiger partial charge in [0.2, 0.25) is 0 Å². The van der Waals surface area contributed by atoms with E-state index in [-0.39, 0.29) is 0 Å². The highest BCUT2D eigenvalue weighted by Crippen LogP contribution is 2.21. The minimum absolute atomic E-state index is 0.414. The Bertz CT molecular complexity index is 213. The lowest BCUT2D eigenvalue weighted by molar-refractivity contribution is 0.949. The van der Waals surface area contributed by atoms with E-state index in [1.54, 1.807) is 11.8 Å². The molecule has 0 N–H and O–H groups in total. The normalized spacial score (nSPS) is 19.2. The maximum absolute atomic E-state index is 8.37. The van der Waals surface area contributed by atoms with Crippen LogP contribution in [0.2, 0.25) is 0 Å². The van der Waals surface area contributed by atoms with E-state index in [0.717, 1.165) is 5.03 Å². The second-order valence-corrected chi connectivity index (χ2v) is 5.48. The SMILES string of the molecule is CS/C(=C/[S+]1CCCC1)N=C=[N-]. The summed E-state index contributed by atoms with van der Waals surface area (Å²) in [5.74, 6) is 2.59.